The van der Waals surface area contributed by atoms with Crippen LogP contribution >= 0.6 is 0 Å². The van der Waals surface area contributed by atoms with E-state index in [2.05, 4.69) is 37.1 Å². The van der Waals surface area contributed by atoms with Crippen molar-refractivity contribution in [3.8, 4) is 0 Å². The molecule has 0 aromatic carbocycles. The van der Waals surface area contributed by atoms with Crippen molar-refractivity contribution < 1.29 is 4.74 Å². The van der Waals surface area contributed by atoms with Crippen LogP contribution in [0, 0.1) is 5.92 Å². The van der Waals surface area contributed by atoms with Gasteiger partial charge in [0.2, 0.25) is 0 Å². The average molecular weight is 291 g/mol. The minimum atomic E-state index is 0.298. The lowest BCUT2D eigenvalue weighted by Crippen LogP contribution is -2.23. The minimum absolute atomic E-state index is 0.298. The molecule has 1 aliphatic rings. The molecular formula is C17H29N3O. The first-order valence-electron chi connectivity index (χ1n) is 8.39. The summed E-state index contributed by atoms with van der Waals surface area (Å²) in [5.41, 5.74) is 1.14. The summed E-state index contributed by atoms with van der Waals surface area (Å²) in [5, 5.41) is 3.39. The smallest absolute Gasteiger partial charge is 0.133 e. The molecule has 21 heavy (non-hydrogen) atoms. The highest BCUT2D eigenvalue weighted by atomic mass is 16.5. The van der Waals surface area contributed by atoms with E-state index in [1.54, 1.807) is 0 Å². The number of nitrogens with one attached hydrogen (secondary N) is 1. The second kappa shape index (κ2) is 8.32. The van der Waals surface area contributed by atoms with Crippen LogP contribution < -0.4 is 5.32 Å². The maximum atomic E-state index is 5.82. The second-order valence-corrected chi connectivity index (χ2v) is 6.38. The zero-order valence-electron chi connectivity index (χ0n) is 13.7. The second-order valence-electron chi connectivity index (χ2n) is 6.38. The number of nitrogens with zero attached hydrogens (tertiary/aromatic N) is 2. The molecule has 1 unspecified atom stereocenters. The first-order chi connectivity index (χ1) is 10.2. The van der Waals surface area contributed by atoms with Crippen LogP contribution in [0.5, 0.6) is 0 Å². The number of ether oxygens (including phenoxy) is 1. The predicted octanol–water partition coefficient (Wildman–Crippen LogP) is 3.61. The molecular weight excluding hydrogens is 262 g/mol. The summed E-state index contributed by atoms with van der Waals surface area (Å²) >= 11 is 0. The zero-order chi connectivity index (χ0) is 15.1. The van der Waals surface area contributed by atoms with Crippen molar-refractivity contribution >= 4 is 5.82 Å². The summed E-state index contributed by atoms with van der Waals surface area (Å²) in [5.74, 6) is 2.50. The van der Waals surface area contributed by atoms with Gasteiger partial charge in [-0.2, -0.15) is 0 Å². The molecule has 0 radical (unpaired) electrons. The van der Waals surface area contributed by atoms with E-state index < -0.39 is 0 Å². The molecule has 1 fully saturated rings. The van der Waals surface area contributed by atoms with Crippen LogP contribution in [0.2, 0.25) is 0 Å². The van der Waals surface area contributed by atoms with E-state index in [4.69, 9.17) is 9.72 Å². The molecule has 2 rings (SSSR count). The van der Waals surface area contributed by atoms with Crippen LogP contribution in [0.4, 0.5) is 5.82 Å². The van der Waals surface area contributed by atoms with Gasteiger partial charge in [-0.05, 0) is 38.0 Å². The van der Waals surface area contributed by atoms with Gasteiger partial charge in [0.1, 0.15) is 11.6 Å². The van der Waals surface area contributed by atoms with Gasteiger partial charge < -0.3 is 10.1 Å². The van der Waals surface area contributed by atoms with Crippen molar-refractivity contribution in [2.24, 2.45) is 5.92 Å². The quantitative estimate of drug-likeness (QED) is 0.833. The summed E-state index contributed by atoms with van der Waals surface area (Å²) < 4.78 is 5.82. The van der Waals surface area contributed by atoms with Crippen LogP contribution in [0.1, 0.15) is 58.0 Å². The molecule has 1 atom stereocenters. The molecule has 118 valence electrons. The Morgan fingerprint density at radius 3 is 2.86 bits per heavy atom. The Labute approximate surface area is 128 Å². The molecule has 1 aromatic rings. The van der Waals surface area contributed by atoms with Gasteiger partial charge in [-0.3, -0.25) is 0 Å². The highest BCUT2D eigenvalue weighted by molar-refractivity contribution is 5.36. The molecule has 0 bridgehead atoms. The fraction of sp³-hybridized carbons (Fsp3) is 0.765. The highest BCUT2D eigenvalue weighted by Gasteiger charge is 2.17. The molecule has 1 saturated heterocycles. The number of hydrogen-bond donors (Lipinski definition) is 1. The van der Waals surface area contributed by atoms with E-state index in [0.29, 0.717) is 12.0 Å². The molecule has 0 spiro atoms. The number of hydrogen-bond acceptors (Lipinski definition) is 4. The Hall–Kier alpha value is -1.16. The van der Waals surface area contributed by atoms with Crippen molar-refractivity contribution in [2.45, 2.75) is 65.4 Å². The lowest BCUT2D eigenvalue weighted by molar-refractivity contribution is 0.0156. The third-order valence-electron chi connectivity index (χ3n) is 3.68. The van der Waals surface area contributed by atoms with E-state index >= 15 is 0 Å². The fourth-order valence-corrected chi connectivity index (χ4v) is 2.68. The molecule has 1 aromatic heterocycles. The van der Waals surface area contributed by atoms with E-state index in [1.807, 2.05) is 0 Å². The molecule has 1 N–H and O–H groups in total. The van der Waals surface area contributed by atoms with E-state index in [0.717, 1.165) is 56.2 Å². The first kappa shape index (κ1) is 16.2. The Morgan fingerprint density at radius 2 is 2.19 bits per heavy atom. The molecule has 4 heteroatoms. The largest absolute Gasteiger partial charge is 0.378 e. The summed E-state index contributed by atoms with van der Waals surface area (Å²) in [6.45, 7) is 8.46. The first-order valence-corrected chi connectivity index (χ1v) is 8.39. The van der Waals surface area contributed by atoms with Crippen LogP contribution in [-0.4, -0.2) is 29.2 Å². The molecule has 1 aliphatic heterocycles. The van der Waals surface area contributed by atoms with Gasteiger partial charge in [0, 0.05) is 31.3 Å². The summed E-state index contributed by atoms with van der Waals surface area (Å²) in [6.07, 6.45) is 6.83. The summed E-state index contributed by atoms with van der Waals surface area (Å²) in [6, 6.07) is 2.10. The normalized spacial score (nSPS) is 19.0. The number of rotatable bonds is 7. The number of anilines is 1. The van der Waals surface area contributed by atoms with Crippen molar-refractivity contribution in [1.82, 2.24) is 9.97 Å². The Kier molecular flexibility index (Phi) is 6.43. The molecule has 4 nitrogen and oxygen atoms in total. The monoisotopic (exact) mass is 291 g/mol. The van der Waals surface area contributed by atoms with Gasteiger partial charge in [0.25, 0.3) is 0 Å². The van der Waals surface area contributed by atoms with Crippen molar-refractivity contribution in [3.63, 3.8) is 0 Å². The SMILES string of the molecule is CCCNc1cc(CC(C)C)nc(CC2CCCCO2)n1. The van der Waals surface area contributed by atoms with Crippen LogP contribution in [0.25, 0.3) is 0 Å². The highest BCUT2D eigenvalue weighted by Crippen LogP contribution is 2.18. The minimum Gasteiger partial charge on any atom is -0.378 e. The predicted molar refractivity (Wildman–Crippen MR) is 86.6 cm³/mol. The summed E-state index contributed by atoms with van der Waals surface area (Å²) in [7, 11) is 0. The van der Waals surface area contributed by atoms with Crippen LogP contribution in [0.15, 0.2) is 6.07 Å². The number of aromatic nitrogens is 2. The Balaban J connectivity index is 2.09. The van der Waals surface area contributed by atoms with Gasteiger partial charge >= 0.3 is 0 Å². The lowest BCUT2D eigenvalue weighted by Gasteiger charge is -2.22. The Morgan fingerprint density at radius 1 is 1.33 bits per heavy atom. The third-order valence-corrected chi connectivity index (χ3v) is 3.68. The Bertz CT molecular complexity index is 428. The molecule has 0 amide bonds. The maximum absolute atomic E-state index is 5.82. The van der Waals surface area contributed by atoms with Gasteiger partial charge in [0.05, 0.1) is 6.10 Å². The van der Waals surface area contributed by atoms with Crippen molar-refractivity contribution in [2.75, 3.05) is 18.5 Å². The zero-order valence-corrected chi connectivity index (χ0v) is 13.7. The fourth-order valence-electron chi connectivity index (χ4n) is 2.68. The van der Waals surface area contributed by atoms with Gasteiger partial charge in [-0.25, -0.2) is 9.97 Å². The van der Waals surface area contributed by atoms with Gasteiger partial charge in [-0.1, -0.05) is 20.8 Å². The van der Waals surface area contributed by atoms with Crippen LogP contribution in [0.3, 0.4) is 0 Å². The molecule has 0 saturated carbocycles. The molecule has 0 aliphatic carbocycles. The standard InChI is InChI=1S/C17H29N3O/c1-4-8-18-16-11-14(10-13(2)3)19-17(20-16)12-15-7-5-6-9-21-15/h11,13,15H,4-10,12H2,1-3H3,(H,18,19,20). The van der Waals surface area contributed by atoms with E-state index in [-0.39, 0.29) is 0 Å². The van der Waals surface area contributed by atoms with Gasteiger partial charge in [-0.15, -0.1) is 0 Å². The topological polar surface area (TPSA) is 47.0 Å². The van der Waals surface area contributed by atoms with Crippen molar-refractivity contribution in [3.05, 3.63) is 17.6 Å². The maximum Gasteiger partial charge on any atom is 0.133 e. The van der Waals surface area contributed by atoms with Crippen LogP contribution in [-0.2, 0) is 17.6 Å². The van der Waals surface area contributed by atoms with E-state index in [1.165, 1.54) is 12.8 Å². The summed E-state index contributed by atoms with van der Waals surface area (Å²) in [4.78, 5) is 9.41. The average Bonchev–Trinajstić information content (AvgIpc) is 2.45. The van der Waals surface area contributed by atoms with Crippen molar-refractivity contribution in [1.29, 1.82) is 0 Å². The third kappa shape index (κ3) is 5.62. The van der Waals surface area contributed by atoms with Gasteiger partial charge in [0.15, 0.2) is 0 Å². The molecule has 2 heterocycles. The van der Waals surface area contributed by atoms with E-state index in [9.17, 15) is 0 Å². The lowest BCUT2D eigenvalue weighted by atomic mass is 10.1.